The van der Waals surface area contributed by atoms with Crippen molar-refractivity contribution in [1.29, 1.82) is 0 Å². The van der Waals surface area contributed by atoms with Gasteiger partial charge in [-0.15, -0.1) is 0 Å². The van der Waals surface area contributed by atoms with Crippen molar-refractivity contribution in [3.8, 4) is 5.75 Å². The highest BCUT2D eigenvalue weighted by Crippen LogP contribution is 2.52. The van der Waals surface area contributed by atoms with Gasteiger partial charge < -0.3 is 4.74 Å². The van der Waals surface area contributed by atoms with Gasteiger partial charge in [0.25, 0.3) is 11.8 Å². The molecule has 2 aliphatic carbocycles. The lowest BCUT2D eigenvalue weighted by Crippen LogP contribution is -2.28. The van der Waals surface area contributed by atoms with Crippen molar-refractivity contribution in [2.24, 2.45) is 28.8 Å². The van der Waals surface area contributed by atoms with Crippen LogP contribution in [0.3, 0.4) is 0 Å². The van der Waals surface area contributed by atoms with E-state index in [1.54, 1.807) is 6.07 Å². The summed E-state index contributed by atoms with van der Waals surface area (Å²) in [6, 6.07) is 8.45. The summed E-state index contributed by atoms with van der Waals surface area (Å²) >= 11 is 10.2. The third-order valence-electron chi connectivity index (χ3n) is 6.40. The number of nitrogens with zero attached hydrogens (tertiary/aromatic N) is 3. The van der Waals surface area contributed by atoms with Crippen molar-refractivity contribution < 1.29 is 19.2 Å². The Hall–Kier alpha value is -2.37. The zero-order valence-corrected chi connectivity index (χ0v) is 22.1. The Morgan fingerprint density at radius 3 is 2.35 bits per heavy atom. The number of benzene rings is 2. The Morgan fingerprint density at radius 2 is 1.74 bits per heavy atom. The zero-order valence-electron chi connectivity index (χ0n) is 17.4. The molecular weight excluding hydrogens is 638 g/mol. The Morgan fingerprint density at radius 1 is 1.06 bits per heavy atom. The fraction of sp³-hybridized carbons (Fsp3) is 0.261. The molecule has 1 heterocycles. The predicted molar refractivity (Wildman–Crippen MR) is 134 cm³/mol. The number of nitro groups is 1. The molecule has 34 heavy (non-hydrogen) atoms. The Kier molecular flexibility index (Phi) is 6.19. The van der Waals surface area contributed by atoms with Crippen LogP contribution in [0.1, 0.15) is 17.5 Å². The summed E-state index contributed by atoms with van der Waals surface area (Å²) < 4.78 is 7.83. The number of halogens is 3. The van der Waals surface area contributed by atoms with E-state index in [0.717, 1.165) is 25.9 Å². The van der Waals surface area contributed by atoms with Crippen LogP contribution in [0, 0.1) is 33.8 Å². The third kappa shape index (κ3) is 4.03. The molecule has 1 aliphatic heterocycles. The minimum absolute atomic E-state index is 0.0717. The molecule has 0 radical (unpaired) electrons. The van der Waals surface area contributed by atoms with Gasteiger partial charge in [0.2, 0.25) is 5.75 Å². The smallest absolute Gasteiger partial charge is 0.312 e. The van der Waals surface area contributed by atoms with Gasteiger partial charge in [-0.2, -0.15) is 10.1 Å². The molecule has 2 aromatic carbocycles. The van der Waals surface area contributed by atoms with Gasteiger partial charge in [-0.3, -0.25) is 19.7 Å². The van der Waals surface area contributed by atoms with Crippen LogP contribution in [0.15, 0.2) is 61.0 Å². The molecule has 0 N–H and O–H groups in total. The first-order valence-electron chi connectivity index (χ1n) is 10.4. The molecule has 2 aromatic rings. The normalized spacial score (nSPS) is 25.0. The standard InChI is InChI=1S/C23H16Br3N3O5/c24-15-4-3-14(16(25)8-15)10-34-21-17(26)5-11(6-18(21)29(32)33)9-27-28-22(30)19-12-1-2-13(7-12)20(19)23(28)31/h1-6,8-9,12-13,19-20H,7,10H2/t12-,13-,19-,20+/m0/s1. The minimum atomic E-state index is -0.548. The van der Waals surface area contributed by atoms with E-state index >= 15 is 0 Å². The van der Waals surface area contributed by atoms with E-state index in [2.05, 4.69) is 52.9 Å². The summed E-state index contributed by atoms with van der Waals surface area (Å²) in [4.78, 5) is 36.8. The predicted octanol–water partition coefficient (Wildman–Crippen LogP) is 5.60. The monoisotopic (exact) mass is 651 g/mol. The molecule has 1 saturated heterocycles. The quantitative estimate of drug-likeness (QED) is 0.133. The lowest BCUT2D eigenvalue weighted by Gasteiger charge is -2.13. The lowest BCUT2D eigenvalue weighted by molar-refractivity contribution is -0.386. The molecule has 11 heteroatoms. The number of nitro benzene ring substituents is 1. The molecule has 2 bridgehead atoms. The number of hydrazone groups is 1. The fourth-order valence-electron chi connectivity index (χ4n) is 4.87. The van der Waals surface area contributed by atoms with Gasteiger partial charge in [0.1, 0.15) is 6.61 Å². The van der Waals surface area contributed by atoms with Crippen molar-refractivity contribution in [3.63, 3.8) is 0 Å². The second kappa shape index (κ2) is 9.01. The van der Waals surface area contributed by atoms with Gasteiger partial charge in [-0.1, -0.05) is 50.1 Å². The highest BCUT2D eigenvalue weighted by atomic mass is 79.9. The maximum atomic E-state index is 12.8. The third-order valence-corrected chi connectivity index (χ3v) is 8.22. The highest BCUT2D eigenvalue weighted by Gasteiger charge is 2.59. The number of allylic oxidation sites excluding steroid dienone is 2. The van der Waals surface area contributed by atoms with Crippen LogP contribution < -0.4 is 4.74 Å². The maximum Gasteiger partial charge on any atom is 0.312 e. The molecule has 8 nitrogen and oxygen atoms in total. The van der Waals surface area contributed by atoms with Crippen molar-refractivity contribution in [3.05, 3.63) is 77.1 Å². The van der Waals surface area contributed by atoms with E-state index in [1.165, 1.54) is 12.3 Å². The number of hydrogen-bond acceptors (Lipinski definition) is 6. The maximum absolute atomic E-state index is 12.8. The van der Waals surface area contributed by atoms with Gasteiger partial charge in [0.15, 0.2) is 0 Å². The van der Waals surface area contributed by atoms with E-state index in [9.17, 15) is 19.7 Å². The zero-order chi connectivity index (χ0) is 24.1. The summed E-state index contributed by atoms with van der Waals surface area (Å²) in [6.07, 6.45) is 6.15. The Bertz CT molecular complexity index is 1260. The molecule has 3 aliphatic rings. The fourth-order valence-corrected chi connectivity index (χ4v) is 6.61. The van der Waals surface area contributed by atoms with Crippen LogP contribution >= 0.6 is 47.8 Å². The number of imide groups is 1. The number of fused-ring (bicyclic) bond motifs is 5. The number of amides is 2. The Balaban J connectivity index is 1.37. The van der Waals surface area contributed by atoms with Crippen molar-refractivity contribution in [1.82, 2.24) is 5.01 Å². The molecule has 5 rings (SSSR count). The molecule has 0 unspecified atom stereocenters. The van der Waals surface area contributed by atoms with Crippen LogP contribution in [-0.2, 0) is 16.2 Å². The molecule has 1 saturated carbocycles. The van der Waals surface area contributed by atoms with E-state index in [1.807, 2.05) is 30.4 Å². The molecule has 4 atom stereocenters. The molecule has 0 spiro atoms. The minimum Gasteiger partial charge on any atom is -0.481 e. The highest BCUT2D eigenvalue weighted by molar-refractivity contribution is 9.11. The van der Waals surface area contributed by atoms with Crippen molar-refractivity contribution >= 4 is 71.5 Å². The van der Waals surface area contributed by atoms with Crippen LogP contribution in [-0.4, -0.2) is 28.0 Å². The van der Waals surface area contributed by atoms with Crippen LogP contribution in [0.25, 0.3) is 0 Å². The van der Waals surface area contributed by atoms with Crippen LogP contribution in [0.4, 0.5) is 5.69 Å². The summed E-state index contributed by atoms with van der Waals surface area (Å²) in [6.45, 7) is 0.108. The van der Waals surface area contributed by atoms with Crippen LogP contribution in [0.2, 0.25) is 0 Å². The van der Waals surface area contributed by atoms with E-state index in [-0.39, 0.29) is 53.5 Å². The van der Waals surface area contributed by atoms with Gasteiger partial charge >= 0.3 is 5.69 Å². The Labute approximate surface area is 219 Å². The summed E-state index contributed by atoms with van der Waals surface area (Å²) in [7, 11) is 0. The average molecular weight is 654 g/mol. The largest absolute Gasteiger partial charge is 0.481 e. The molecule has 2 amide bonds. The first-order valence-corrected chi connectivity index (χ1v) is 12.8. The lowest BCUT2D eigenvalue weighted by atomic mass is 9.85. The number of carbonyl (C=O) groups is 2. The van der Waals surface area contributed by atoms with Gasteiger partial charge in [0, 0.05) is 26.1 Å². The number of hydrogen-bond donors (Lipinski definition) is 0. The summed E-state index contributed by atoms with van der Waals surface area (Å²) in [5.41, 5.74) is 0.909. The van der Waals surface area contributed by atoms with Crippen molar-refractivity contribution in [2.75, 3.05) is 0 Å². The van der Waals surface area contributed by atoms with E-state index < -0.39 is 4.92 Å². The average Bonchev–Trinajstić information content (AvgIpc) is 3.46. The number of carbonyl (C=O) groups excluding carboxylic acids is 2. The van der Waals surface area contributed by atoms with E-state index in [0.29, 0.717) is 10.0 Å². The molecule has 174 valence electrons. The van der Waals surface area contributed by atoms with Gasteiger partial charge in [-0.25, -0.2) is 0 Å². The van der Waals surface area contributed by atoms with Gasteiger partial charge in [0.05, 0.1) is 27.4 Å². The summed E-state index contributed by atoms with van der Waals surface area (Å²) in [5.74, 6) is -1.08. The first kappa shape index (κ1) is 23.4. The molecule has 2 fully saturated rings. The number of rotatable bonds is 6. The molecular formula is C23H16Br3N3O5. The summed E-state index contributed by atoms with van der Waals surface area (Å²) in [5, 5.41) is 16.8. The topological polar surface area (TPSA) is 102 Å². The second-order valence-electron chi connectivity index (χ2n) is 8.37. The second-order valence-corrected chi connectivity index (χ2v) is 11.0. The van der Waals surface area contributed by atoms with Gasteiger partial charge in [-0.05, 0) is 52.4 Å². The first-order chi connectivity index (χ1) is 16.2. The SMILES string of the molecule is O=C1[C@@H]2[C@H](C(=O)N1N=Cc1cc(Br)c(OCc3ccc(Br)cc3Br)c([N+](=O)[O-])c1)[C@H]1C=C[C@H]2C1. The molecule has 0 aromatic heterocycles. The van der Waals surface area contributed by atoms with E-state index in [4.69, 9.17) is 4.74 Å². The van der Waals surface area contributed by atoms with Crippen LogP contribution in [0.5, 0.6) is 5.75 Å². The number of ether oxygens (including phenoxy) is 1. The van der Waals surface area contributed by atoms with Crippen molar-refractivity contribution in [2.45, 2.75) is 13.0 Å².